The molecule has 0 N–H and O–H groups in total. The molecule has 0 aromatic carbocycles. The predicted molar refractivity (Wildman–Crippen MR) is 71.0 cm³/mol. The Morgan fingerprint density at radius 2 is 1.71 bits per heavy atom. The van der Waals surface area contributed by atoms with Crippen molar-refractivity contribution >= 4 is 8.80 Å². The fraction of sp³-hybridized carbons (Fsp3) is 0.833. The van der Waals surface area contributed by atoms with Crippen molar-refractivity contribution in [2.24, 2.45) is 5.92 Å². The molecular formula is C12H26O4Si. The monoisotopic (exact) mass is 262 g/mol. The van der Waals surface area contributed by atoms with E-state index >= 15 is 0 Å². The van der Waals surface area contributed by atoms with Crippen LogP contribution in [0.1, 0.15) is 20.3 Å². The zero-order valence-corrected chi connectivity index (χ0v) is 12.7. The molecule has 0 spiro atoms. The third kappa shape index (κ3) is 6.95. The Morgan fingerprint density at radius 3 is 2.12 bits per heavy atom. The zero-order valence-electron chi connectivity index (χ0n) is 11.7. The summed E-state index contributed by atoms with van der Waals surface area (Å²) in [7, 11) is 2.49. The lowest BCUT2D eigenvalue weighted by Crippen LogP contribution is -2.44. The first-order valence-electron chi connectivity index (χ1n) is 5.87. The molecule has 0 aliphatic heterocycles. The standard InChI is InChI=1S/C12H26O4Si/c1-11(2)9-16-8-7-12(3)10-17(13-4,14-5)15-6/h12H,1,7-10H2,2-6H3. The summed E-state index contributed by atoms with van der Waals surface area (Å²) in [5, 5.41) is 0. The minimum atomic E-state index is -2.44. The van der Waals surface area contributed by atoms with E-state index in [0.717, 1.165) is 24.6 Å². The molecule has 0 heterocycles. The predicted octanol–water partition coefficient (Wildman–Crippen LogP) is 2.48. The van der Waals surface area contributed by atoms with E-state index in [-0.39, 0.29) is 0 Å². The number of rotatable bonds is 10. The summed E-state index contributed by atoms with van der Waals surface area (Å²) in [5.41, 5.74) is 1.05. The maximum Gasteiger partial charge on any atom is 0.500 e. The molecule has 0 fully saturated rings. The van der Waals surface area contributed by atoms with Crippen molar-refractivity contribution in [2.75, 3.05) is 34.5 Å². The van der Waals surface area contributed by atoms with Crippen molar-refractivity contribution in [3.05, 3.63) is 12.2 Å². The highest BCUT2D eigenvalue weighted by molar-refractivity contribution is 6.60. The van der Waals surface area contributed by atoms with Crippen LogP contribution in [-0.4, -0.2) is 43.3 Å². The van der Waals surface area contributed by atoms with Crippen molar-refractivity contribution in [2.45, 2.75) is 26.3 Å². The Balaban J connectivity index is 3.90. The van der Waals surface area contributed by atoms with Crippen molar-refractivity contribution in [1.82, 2.24) is 0 Å². The molecule has 0 bridgehead atoms. The molecule has 0 aliphatic rings. The molecule has 17 heavy (non-hydrogen) atoms. The molecule has 5 heteroatoms. The first-order valence-corrected chi connectivity index (χ1v) is 7.80. The van der Waals surface area contributed by atoms with Crippen LogP contribution in [0.3, 0.4) is 0 Å². The maximum atomic E-state index is 5.47. The molecule has 1 unspecified atom stereocenters. The highest BCUT2D eigenvalue weighted by atomic mass is 28.4. The van der Waals surface area contributed by atoms with Crippen molar-refractivity contribution in [3.8, 4) is 0 Å². The smallest absolute Gasteiger partial charge is 0.377 e. The summed E-state index contributed by atoms with van der Waals surface area (Å²) in [6, 6.07) is 0.812. The summed E-state index contributed by atoms with van der Waals surface area (Å²) < 4.78 is 21.6. The molecule has 0 aliphatic carbocycles. The summed E-state index contributed by atoms with van der Waals surface area (Å²) in [5.74, 6) is 0.451. The molecule has 0 saturated carbocycles. The van der Waals surface area contributed by atoms with E-state index in [4.69, 9.17) is 18.0 Å². The van der Waals surface area contributed by atoms with Crippen LogP contribution in [0.25, 0.3) is 0 Å². The van der Waals surface area contributed by atoms with Crippen LogP contribution >= 0.6 is 0 Å². The van der Waals surface area contributed by atoms with Crippen molar-refractivity contribution in [3.63, 3.8) is 0 Å². The fourth-order valence-corrected chi connectivity index (χ4v) is 3.62. The number of ether oxygens (including phenoxy) is 1. The van der Waals surface area contributed by atoms with E-state index in [2.05, 4.69) is 13.5 Å². The lowest BCUT2D eigenvalue weighted by molar-refractivity contribution is 0.111. The second-order valence-corrected chi connectivity index (χ2v) is 7.40. The minimum Gasteiger partial charge on any atom is -0.377 e. The third-order valence-corrected chi connectivity index (χ3v) is 5.70. The highest BCUT2D eigenvalue weighted by Gasteiger charge is 2.39. The highest BCUT2D eigenvalue weighted by Crippen LogP contribution is 2.21. The average Bonchev–Trinajstić information content (AvgIpc) is 2.32. The summed E-state index contributed by atoms with van der Waals surface area (Å²) >= 11 is 0. The van der Waals surface area contributed by atoms with E-state index < -0.39 is 8.80 Å². The van der Waals surface area contributed by atoms with Gasteiger partial charge in [-0.1, -0.05) is 19.1 Å². The van der Waals surface area contributed by atoms with Crippen LogP contribution in [0, 0.1) is 5.92 Å². The zero-order chi connectivity index (χ0) is 13.3. The van der Waals surface area contributed by atoms with Gasteiger partial charge >= 0.3 is 8.80 Å². The maximum absolute atomic E-state index is 5.47. The first kappa shape index (κ1) is 16.8. The molecule has 0 amide bonds. The average molecular weight is 262 g/mol. The number of hydrogen-bond donors (Lipinski definition) is 0. The quantitative estimate of drug-likeness (QED) is 0.344. The molecule has 0 radical (unpaired) electrons. The lowest BCUT2D eigenvalue weighted by Gasteiger charge is -2.27. The normalized spacial score (nSPS) is 13.7. The topological polar surface area (TPSA) is 36.9 Å². The molecule has 0 rings (SSSR count). The van der Waals surface area contributed by atoms with Gasteiger partial charge in [0.1, 0.15) is 0 Å². The van der Waals surface area contributed by atoms with E-state index in [1.807, 2.05) is 6.92 Å². The molecule has 1 atom stereocenters. The van der Waals surface area contributed by atoms with Gasteiger partial charge < -0.3 is 18.0 Å². The van der Waals surface area contributed by atoms with E-state index in [0.29, 0.717) is 12.5 Å². The van der Waals surface area contributed by atoms with Crippen LogP contribution in [0.4, 0.5) is 0 Å². The first-order chi connectivity index (χ1) is 7.99. The Morgan fingerprint density at radius 1 is 1.18 bits per heavy atom. The van der Waals surface area contributed by atoms with E-state index in [1.165, 1.54) is 0 Å². The van der Waals surface area contributed by atoms with Crippen molar-refractivity contribution < 1.29 is 18.0 Å². The molecular weight excluding hydrogens is 236 g/mol. The van der Waals surface area contributed by atoms with Crippen molar-refractivity contribution in [1.29, 1.82) is 0 Å². The van der Waals surface area contributed by atoms with E-state index in [1.54, 1.807) is 21.3 Å². The molecule has 0 aromatic heterocycles. The number of hydrogen-bond acceptors (Lipinski definition) is 4. The van der Waals surface area contributed by atoms with Crippen LogP contribution in [0.2, 0.25) is 6.04 Å². The summed E-state index contributed by atoms with van der Waals surface area (Å²) in [4.78, 5) is 0. The SMILES string of the molecule is C=C(C)COCCC(C)C[Si](OC)(OC)OC. The van der Waals surface area contributed by atoms with Gasteiger partial charge in [-0.2, -0.15) is 0 Å². The van der Waals surface area contributed by atoms with Gasteiger partial charge in [-0.05, 0) is 19.3 Å². The van der Waals surface area contributed by atoms with Gasteiger partial charge in [0.25, 0.3) is 0 Å². The Hall–Kier alpha value is -0.203. The molecule has 0 aromatic rings. The Bertz CT molecular complexity index is 208. The Labute approximate surface area is 106 Å². The van der Waals surface area contributed by atoms with Crippen LogP contribution < -0.4 is 0 Å². The molecule has 102 valence electrons. The van der Waals surface area contributed by atoms with Gasteiger partial charge in [-0.3, -0.25) is 0 Å². The van der Waals surface area contributed by atoms with Gasteiger partial charge in [-0.25, -0.2) is 0 Å². The van der Waals surface area contributed by atoms with Crippen LogP contribution in [0.15, 0.2) is 12.2 Å². The molecule has 4 nitrogen and oxygen atoms in total. The van der Waals surface area contributed by atoms with Crippen LogP contribution in [-0.2, 0) is 18.0 Å². The van der Waals surface area contributed by atoms with Crippen LogP contribution in [0.5, 0.6) is 0 Å². The largest absolute Gasteiger partial charge is 0.500 e. The van der Waals surface area contributed by atoms with Gasteiger partial charge in [-0.15, -0.1) is 0 Å². The second-order valence-electron chi connectivity index (χ2n) is 4.40. The Kier molecular flexibility index (Phi) is 8.72. The lowest BCUT2D eigenvalue weighted by atomic mass is 10.1. The van der Waals surface area contributed by atoms with Gasteiger partial charge in [0.15, 0.2) is 0 Å². The summed E-state index contributed by atoms with van der Waals surface area (Å²) in [6.45, 7) is 9.27. The third-order valence-electron chi connectivity index (χ3n) is 2.63. The van der Waals surface area contributed by atoms with Gasteiger partial charge in [0.05, 0.1) is 6.61 Å². The van der Waals surface area contributed by atoms with Gasteiger partial charge in [0.2, 0.25) is 0 Å². The summed E-state index contributed by atoms with van der Waals surface area (Å²) in [6.07, 6.45) is 0.970. The van der Waals surface area contributed by atoms with Gasteiger partial charge in [0, 0.05) is 34.0 Å². The minimum absolute atomic E-state index is 0.451. The fourth-order valence-electron chi connectivity index (χ4n) is 1.56. The second kappa shape index (κ2) is 8.83. The van der Waals surface area contributed by atoms with E-state index in [9.17, 15) is 0 Å². The molecule has 0 saturated heterocycles.